The Hall–Kier alpha value is -3.47. The summed E-state index contributed by atoms with van der Waals surface area (Å²) in [5, 5.41) is 1.41. The van der Waals surface area contributed by atoms with E-state index >= 15 is 0 Å². The predicted octanol–water partition coefficient (Wildman–Crippen LogP) is 3.74. The van der Waals surface area contributed by atoms with Crippen molar-refractivity contribution < 1.29 is 23.9 Å². The van der Waals surface area contributed by atoms with E-state index in [9.17, 15) is 14.4 Å². The van der Waals surface area contributed by atoms with E-state index in [0.29, 0.717) is 27.8 Å². The molecular weight excluding hydrogens is 320 g/mol. The molecule has 0 saturated heterocycles. The molecule has 0 aromatic heterocycles. The van der Waals surface area contributed by atoms with Gasteiger partial charge in [0.15, 0.2) is 0 Å². The van der Waals surface area contributed by atoms with Crippen LogP contribution >= 0.6 is 0 Å². The monoisotopic (exact) mass is 332 g/mol. The summed E-state index contributed by atoms with van der Waals surface area (Å²) in [5.74, 6) is -1.27. The van der Waals surface area contributed by atoms with Crippen molar-refractivity contribution in [1.29, 1.82) is 0 Å². The van der Waals surface area contributed by atoms with Crippen molar-refractivity contribution in [2.75, 3.05) is 0 Å². The van der Waals surface area contributed by atoms with Gasteiger partial charge < -0.3 is 9.47 Å². The summed E-state index contributed by atoms with van der Waals surface area (Å²) in [4.78, 5) is 35.4. The third kappa shape index (κ3) is 2.46. The normalized spacial score (nSPS) is 12.8. The largest absolute Gasteiger partial charge is 0.427 e. The zero-order valence-electron chi connectivity index (χ0n) is 13.2. The highest BCUT2D eigenvalue weighted by molar-refractivity contribution is 6.23. The maximum Gasteiger partial charge on any atom is 0.347 e. The molecule has 1 aliphatic rings. The minimum absolute atomic E-state index is 0.368. The van der Waals surface area contributed by atoms with E-state index in [4.69, 9.17) is 9.47 Å². The number of carbonyl (C=O) groups excluding carboxylic acids is 3. The Balaban J connectivity index is 1.92. The molecule has 5 nitrogen and oxygen atoms in total. The van der Waals surface area contributed by atoms with Crippen molar-refractivity contribution in [2.45, 2.75) is 6.92 Å². The standard InChI is InChI=1S/C20H12O5/c1-11(21)24-14-8-5-12(6-9-14)15-10-7-13-3-2-4-16-17(13)18(15)20(23)25-19(16)22/h2-10H,1H3. The van der Waals surface area contributed by atoms with Crippen LogP contribution in [0.15, 0.2) is 54.6 Å². The lowest BCUT2D eigenvalue weighted by atomic mass is 9.90. The number of carbonyl (C=O) groups is 3. The van der Waals surface area contributed by atoms with Gasteiger partial charge in [0.2, 0.25) is 0 Å². The van der Waals surface area contributed by atoms with Gasteiger partial charge in [-0.15, -0.1) is 0 Å². The molecule has 1 aliphatic heterocycles. The number of esters is 3. The first-order valence-electron chi connectivity index (χ1n) is 7.65. The van der Waals surface area contributed by atoms with Gasteiger partial charge in [0.05, 0.1) is 11.1 Å². The molecule has 0 bridgehead atoms. The van der Waals surface area contributed by atoms with Gasteiger partial charge in [0.1, 0.15) is 5.75 Å². The highest BCUT2D eigenvalue weighted by atomic mass is 16.6. The molecule has 0 aliphatic carbocycles. The molecule has 3 aromatic carbocycles. The van der Waals surface area contributed by atoms with Crippen LogP contribution in [0.2, 0.25) is 0 Å². The maximum absolute atomic E-state index is 12.4. The molecule has 0 saturated carbocycles. The first-order valence-corrected chi connectivity index (χ1v) is 7.65. The molecule has 0 amide bonds. The third-order valence-corrected chi connectivity index (χ3v) is 4.08. The molecule has 0 atom stereocenters. The van der Waals surface area contributed by atoms with Crippen LogP contribution in [-0.2, 0) is 9.53 Å². The second kappa shape index (κ2) is 5.56. The summed E-state index contributed by atoms with van der Waals surface area (Å²) in [6.07, 6.45) is 0. The summed E-state index contributed by atoms with van der Waals surface area (Å²) in [6.45, 7) is 1.33. The molecule has 1 heterocycles. The Kier molecular flexibility index (Phi) is 3.35. The lowest BCUT2D eigenvalue weighted by Crippen LogP contribution is -2.20. The smallest absolute Gasteiger partial charge is 0.347 e. The molecule has 25 heavy (non-hydrogen) atoms. The van der Waals surface area contributed by atoms with Crippen LogP contribution in [-0.4, -0.2) is 17.9 Å². The Morgan fingerprint density at radius 3 is 2.36 bits per heavy atom. The summed E-state index contributed by atoms with van der Waals surface area (Å²) in [6, 6.07) is 15.7. The van der Waals surface area contributed by atoms with E-state index < -0.39 is 17.9 Å². The van der Waals surface area contributed by atoms with Crippen LogP contribution in [0.1, 0.15) is 27.6 Å². The van der Waals surface area contributed by atoms with Crippen molar-refractivity contribution in [1.82, 2.24) is 0 Å². The SMILES string of the molecule is CC(=O)Oc1ccc(-c2ccc3cccc4c3c2C(=O)OC4=O)cc1. The van der Waals surface area contributed by atoms with E-state index in [1.807, 2.05) is 18.2 Å². The second-order valence-electron chi connectivity index (χ2n) is 5.69. The highest BCUT2D eigenvalue weighted by Crippen LogP contribution is 2.36. The van der Waals surface area contributed by atoms with E-state index in [1.54, 1.807) is 36.4 Å². The zero-order chi connectivity index (χ0) is 17.6. The average molecular weight is 332 g/mol. The lowest BCUT2D eigenvalue weighted by molar-refractivity contribution is -0.131. The number of hydrogen-bond donors (Lipinski definition) is 0. The van der Waals surface area contributed by atoms with E-state index in [1.165, 1.54) is 6.92 Å². The van der Waals surface area contributed by atoms with Crippen molar-refractivity contribution in [3.63, 3.8) is 0 Å². The topological polar surface area (TPSA) is 69.7 Å². The molecular formula is C20H12O5. The fourth-order valence-corrected chi connectivity index (χ4v) is 3.06. The Morgan fingerprint density at radius 1 is 0.880 bits per heavy atom. The van der Waals surface area contributed by atoms with Crippen LogP contribution in [0.25, 0.3) is 21.9 Å². The number of hydrogen-bond acceptors (Lipinski definition) is 5. The number of cyclic esters (lactones) is 2. The van der Waals surface area contributed by atoms with Gasteiger partial charge in [-0.05, 0) is 34.7 Å². The van der Waals surface area contributed by atoms with Crippen molar-refractivity contribution in [3.8, 4) is 16.9 Å². The van der Waals surface area contributed by atoms with E-state index in [0.717, 1.165) is 10.9 Å². The Bertz CT molecular complexity index is 1050. The third-order valence-electron chi connectivity index (χ3n) is 4.08. The quantitative estimate of drug-likeness (QED) is 0.406. The van der Waals surface area contributed by atoms with Gasteiger partial charge in [-0.2, -0.15) is 0 Å². The summed E-state index contributed by atoms with van der Waals surface area (Å²) in [5.41, 5.74) is 2.17. The molecule has 3 aromatic rings. The van der Waals surface area contributed by atoms with E-state index in [-0.39, 0.29) is 0 Å². The highest BCUT2D eigenvalue weighted by Gasteiger charge is 2.29. The Morgan fingerprint density at radius 2 is 1.64 bits per heavy atom. The van der Waals surface area contributed by atoms with Gasteiger partial charge in [-0.25, -0.2) is 9.59 Å². The summed E-state index contributed by atoms with van der Waals surface area (Å²) >= 11 is 0. The molecule has 0 radical (unpaired) electrons. The minimum atomic E-state index is -0.659. The minimum Gasteiger partial charge on any atom is -0.427 e. The van der Waals surface area contributed by atoms with Gasteiger partial charge in [-0.3, -0.25) is 4.79 Å². The summed E-state index contributed by atoms with van der Waals surface area (Å²) in [7, 11) is 0. The number of rotatable bonds is 2. The van der Waals surface area contributed by atoms with Crippen molar-refractivity contribution in [3.05, 3.63) is 65.7 Å². The van der Waals surface area contributed by atoms with Gasteiger partial charge in [0.25, 0.3) is 0 Å². The summed E-state index contributed by atoms with van der Waals surface area (Å²) < 4.78 is 9.92. The molecule has 0 unspecified atom stereocenters. The molecule has 0 spiro atoms. The van der Waals surface area contributed by atoms with Gasteiger partial charge >= 0.3 is 17.9 Å². The predicted molar refractivity (Wildman–Crippen MR) is 90.4 cm³/mol. The molecule has 0 fully saturated rings. The Labute approximate surface area is 142 Å². The van der Waals surface area contributed by atoms with Crippen LogP contribution in [0.4, 0.5) is 0 Å². The fourth-order valence-electron chi connectivity index (χ4n) is 3.06. The molecule has 0 N–H and O–H groups in total. The zero-order valence-corrected chi connectivity index (χ0v) is 13.2. The van der Waals surface area contributed by atoms with Crippen molar-refractivity contribution >= 4 is 28.7 Å². The molecule has 5 heteroatoms. The second-order valence-corrected chi connectivity index (χ2v) is 5.69. The molecule has 122 valence electrons. The number of ether oxygens (including phenoxy) is 2. The van der Waals surface area contributed by atoms with Crippen molar-refractivity contribution in [2.24, 2.45) is 0 Å². The average Bonchev–Trinajstić information content (AvgIpc) is 2.59. The van der Waals surface area contributed by atoms with Crippen LogP contribution in [0.3, 0.4) is 0 Å². The maximum atomic E-state index is 12.4. The molecule has 4 rings (SSSR count). The van der Waals surface area contributed by atoms with E-state index in [2.05, 4.69) is 0 Å². The van der Waals surface area contributed by atoms with Crippen LogP contribution < -0.4 is 4.74 Å². The van der Waals surface area contributed by atoms with Gasteiger partial charge in [0, 0.05) is 12.3 Å². The lowest BCUT2D eigenvalue weighted by Gasteiger charge is -2.18. The number of benzene rings is 3. The fraction of sp³-hybridized carbons (Fsp3) is 0.0500. The first-order chi connectivity index (χ1) is 12.0. The van der Waals surface area contributed by atoms with Gasteiger partial charge in [-0.1, -0.05) is 36.4 Å². The van der Waals surface area contributed by atoms with Crippen LogP contribution in [0, 0.1) is 0 Å². The first kappa shape index (κ1) is 15.1. The van der Waals surface area contributed by atoms with Crippen LogP contribution in [0.5, 0.6) is 5.75 Å².